The van der Waals surface area contributed by atoms with Gasteiger partial charge in [-0.2, -0.15) is 5.10 Å². The van der Waals surface area contributed by atoms with Crippen LogP contribution in [0.15, 0.2) is 36.5 Å². The number of nitrogens with one attached hydrogen (secondary N) is 1. The van der Waals surface area contributed by atoms with E-state index in [0.717, 1.165) is 24.2 Å². The first kappa shape index (κ1) is 17.6. The van der Waals surface area contributed by atoms with E-state index in [0.29, 0.717) is 18.7 Å². The van der Waals surface area contributed by atoms with Gasteiger partial charge in [-0.25, -0.2) is 17.4 Å². The van der Waals surface area contributed by atoms with Crippen molar-refractivity contribution in [3.05, 3.63) is 47.8 Å². The van der Waals surface area contributed by atoms with Gasteiger partial charge in [0.05, 0.1) is 11.9 Å². The molecule has 25 heavy (non-hydrogen) atoms. The van der Waals surface area contributed by atoms with Gasteiger partial charge in [-0.05, 0) is 50.1 Å². The van der Waals surface area contributed by atoms with Gasteiger partial charge >= 0.3 is 0 Å². The van der Waals surface area contributed by atoms with Crippen LogP contribution in [0.5, 0.6) is 0 Å². The van der Waals surface area contributed by atoms with Crippen LogP contribution in [-0.2, 0) is 10.0 Å². The van der Waals surface area contributed by atoms with Crippen molar-refractivity contribution in [1.29, 1.82) is 0 Å². The van der Waals surface area contributed by atoms with Gasteiger partial charge in [-0.1, -0.05) is 0 Å². The molecule has 0 radical (unpaired) electrons. The first-order valence-corrected chi connectivity index (χ1v) is 10.1. The molecule has 2 aromatic rings. The van der Waals surface area contributed by atoms with Crippen LogP contribution >= 0.6 is 0 Å². The highest BCUT2D eigenvalue weighted by Gasteiger charge is 2.26. The van der Waals surface area contributed by atoms with E-state index >= 15 is 0 Å². The van der Waals surface area contributed by atoms with Crippen LogP contribution in [0.2, 0.25) is 0 Å². The van der Waals surface area contributed by atoms with E-state index < -0.39 is 10.0 Å². The quantitative estimate of drug-likeness (QED) is 0.889. The van der Waals surface area contributed by atoms with Gasteiger partial charge in [0.25, 0.3) is 5.91 Å². The van der Waals surface area contributed by atoms with Crippen LogP contribution < -0.4 is 5.32 Å². The maximum absolute atomic E-state index is 12.4. The van der Waals surface area contributed by atoms with E-state index in [1.54, 1.807) is 23.0 Å². The fourth-order valence-electron chi connectivity index (χ4n) is 3.02. The number of piperidine rings is 1. The Hall–Kier alpha value is -2.19. The van der Waals surface area contributed by atoms with Crippen molar-refractivity contribution in [3.63, 3.8) is 0 Å². The van der Waals surface area contributed by atoms with Crippen molar-refractivity contribution < 1.29 is 13.2 Å². The number of hydrogen-bond donors (Lipinski definition) is 1. The van der Waals surface area contributed by atoms with Gasteiger partial charge in [-0.15, -0.1) is 0 Å². The van der Waals surface area contributed by atoms with Gasteiger partial charge < -0.3 is 5.32 Å². The van der Waals surface area contributed by atoms with E-state index in [4.69, 9.17) is 0 Å². The SMILES string of the molecule is Cc1ccnn1-c1ccc(C(=O)NC2CCCN(S(C)(=O)=O)C2)cc1. The van der Waals surface area contributed by atoms with Crippen molar-refractivity contribution in [3.8, 4) is 5.69 Å². The van der Waals surface area contributed by atoms with Crippen molar-refractivity contribution >= 4 is 15.9 Å². The molecule has 1 unspecified atom stereocenters. The number of sulfonamides is 1. The molecule has 1 aliphatic rings. The van der Waals surface area contributed by atoms with Gasteiger partial charge in [0.2, 0.25) is 10.0 Å². The monoisotopic (exact) mass is 362 g/mol. The van der Waals surface area contributed by atoms with Crippen LogP contribution in [0.1, 0.15) is 28.9 Å². The number of hydrogen-bond acceptors (Lipinski definition) is 4. The minimum atomic E-state index is -3.22. The van der Waals surface area contributed by atoms with Gasteiger partial charge in [-0.3, -0.25) is 4.79 Å². The summed E-state index contributed by atoms with van der Waals surface area (Å²) < 4.78 is 26.6. The van der Waals surface area contributed by atoms with Gasteiger partial charge in [0.1, 0.15) is 0 Å². The number of rotatable bonds is 4. The summed E-state index contributed by atoms with van der Waals surface area (Å²) >= 11 is 0. The van der Waals surface area contributed by atoms with Crippen molar-refractivity contribution in [1.82, 2.24) is 19.4 Å². The molecule has 0 saturated carbocycles. The molecular formula is C17H22N4O3S. The summed E-state index contributed by atoms with van der Waals surface area (Å²) in [4.78, 5) is 12.4. The number of carbonyl (C=O) groups is 1. The zero-order chi connectivity index (χ0) is 18.0. The Bertz CT molecular complexity index is 858. The molecule has 3 rings (SSSR count). The molecule has 2 heterocycles. The summed E-state index contributed by atoms with van der Waals surface area (Å²) in [5.41, 5.74) is 2.45. The maximum atomic E-state index is 12.4. The second-order valence-electron chi connectivity index (χ2n) is 6.36. The zero-order valence-corrected chi connectivity index (χ0v) is 15.2. The number of benzene rings is 1. The fourth-order valence-corrected chi connectivity index (χ4v) is 3.94. The van der Waals surface area contributed by atoms with Crippen molar-refractivity contribution in [2.24, 2.45) is 0 Å². The molecule has 0 aliphatic carbocycles. The lowest BCUT2D eigenvalue weighted by atomic mass is 10.1. The first-order chi connectivity index (χ1) is 11.8. The Kier molecular flexibility index (Phi) is 4.91. The topological polar surface area (TPSA) is 84.3 Å². The number of aryl methyl sites for hydroxylation is 1. The Labute approximate surface area is 147 Å². The summed E-state index contributed by atoms with van der Waals surface area (Å²) in [5, 5.41) is 7.17. The van der Waals surface area contributed by atoms with Crippen LogP contribution in [0.4, 0.5) is 0 Å². The first-order valence-electron chi connectivity index (χ1n) is 8.21. The lowest BCUT2D eigenvalue weighted by molar-refractivity contribution is 0.0921. The third-order valence-electron chi connectivity index (χ3n) is 4.39. The van der Waals surface area contributed by atoms with Crippen LogP contribution in [0.3, 0.4) is 0 Å². The molecule has 134 valence electrons. The molecule has 1 saturated heterocycles. The molecule has 1 aromatic heterocycles. The molecule has 1 N–H and O–H groups in total. The molecule has 0 spiro atoms. The standard InChI is InChI=1S/C17H22N4O3S/c1-13-9-10-18-21(13)16-7-5-14(6-8-16)17(22)19-15-4-3-11-20(12-15)25(2,23)24/h5-10,15H,3-4,11-12H2,1-2H3,(H,19,22). The van der Waals surface area contributed by atoms with Crippen LogP contribution in [0, 0.1) is 6.92 Å². The highest BCUT2D eigenvalue weighted by Crippen LogP contribution is 2.15. The van der Waals surface area contributed by atoms with Crippen LogP contribution in [0.25, 0.3) is 5.69 Å². The molecule has 1 atom stereocenters. The summed E-state index contributed by atoms with van der Waals surface area (Å²) in [6, 6.07) is 8.95. The highest BCUT2D eigenvalue weighted by molar-refractivity contribution is 7.88. The summed E-state index contributed by atoms with van der Waals surface area (Å²) in [7, 11) is -3.22. The largest absolute Gasteiger partial charge is 0.348 e. The van der Waals surface area contributed by atoms with Gasteiger partial charge in [0, 0.05) is 36.6 Å². The lowest BCUT2D eigenvalue weighted by Crippen LogP contribution is -2.49. The van der Waals surface area contributed by atoms with E-state index in [-0.39, 0.29) is 11.9 Å². The summed E-state index contributed by atoms with van der Waals surface area (Å²) in [6.07, 6.45) is 4.46. The smallest absolute Gasteiger partial charge is 0.251 e. The van der Waals surface area contributed by atoms with Crippen molar-refractivity contribution in [2.45, 2.75) is 25.8 Å². The highest BCUT2D eigenvalue weighted by atomic mass is 32.2. The number of aromatic nitrogens is 2. The molecule has 1 amide bonds. The molecular weight excluding hydrogens is 340 g/mol. The zero-order valence-electron chi connectivity index (χ0n) is 14.3. The average Bonchev–Trinajstić information content (AvgIpc) is 3.00. The minimum absolute atomic E-state index is 0.163. The second-order valence-corrected chi connectivity index (χ2v) is 8.35. The van der Waals surface area contributed by atoms with Crippen molar-refractivity contribution in [2.75, 3.05) is 19.3 Å². The third kappa shape index (κ3) is 4.08. The van der Waals surface area contributed by atoms with E-state index in [1.165, 1.54) is 10.6 Å². The Morgan fingerprint density at radius 3 is 2.56 bits per heavy atom. The molecule has 1 aliphatic heterocycles. The Morgan fingerprint density at radius 2 is 1.96 bits per heavy atom. The molecule has 0 bridgehead atoms. The molecule has 8 heteroatoms. The Balaban J connectivity index is 1.66. The molecule has 1 aromatic carbocycles. The Morgan fingerprint density at radius 1 is 1.24 bits per heavy atom. The molecule has 1 fully saturated rings. The van der Waals surface area contributed by atoms with E-state index in [2.05, 4.69) is 10.4 Å². The third-order valence-corrected chi connectivity index (χ3v) is 5.66. The fraction of sp³-hybridized carbons (Fsp3) is 0.412. The summed E-state index contributed by atoms with van der Waals surface area (Å²) in [5.74, 6) is -0.191. The van der Waals surface area contributed by atoms with E-state index in [9.17, 15) is 13.2 Å². The van der Waals surface area contributed by atoms with Crippen LogP contribution in [-0.4, -0.2) is 53.8 Å². The maximum Gasteiger partial charge on any atom is 0.251 e. The predicted molar refractivity (Wildman–Crippen MR) is 95.2 cm³/mol. The molecule has 7 nitrogen and oxygen atoms in total. The number of carbonyl (C=O) groups excluding carboxylic acids is 1. The van der Waals surface area contributed by atoms with E-state index in [1.807, 2.05) is 25.1 Å². The number of nitrogens with zero attached hydrogens (tertiary/aromatic N) is 3. The summed E-state index contributed by atoms with van der Waals surface area (Å²) in [6.45, 7) is 2.81. The second kappa shape index (κ2) is 6.97. The minimum Gasteiger partial charge on any atom is -0.348 e. The van der Waals surface area contributed by atoms with Gasteiger partial charge in [0.15, 0.2) is 0 Å². The average molecular weight is 362 g/mol. The lowest BCUT2D eigenvalue weighted by Gasteiger charge is -2.31. The normalized spacial score (nSPS) is 18.9. The predicted octanol–water partition coefficient (Wildman–Crippen LogP) is 1.33. The number of amides is 1.